The van der Waals surface area contributed by atoms with Gasteiger partial charge in [0.25, 0.3) is 0 Å². The van der Waals surface area contributed by atoms with E-state index in [0.717, 1.165) is 16.9 Å². The fraction of sp³-hybridized carbons (Fsp3) is 0.333. The predicted molar refractivity (Wildman–Crippen MR) is 70.6 cm³/mol. The highest BCUT2D eigenvalue weighted by atomic mass is 16.5. The quantitative estimate of drug-likeness (QED) is 0.784. The van der Waals surface area contributed by atoms with Gasteiger partial charge in [-0.3, -0.25) is 4.79 Å². The molecule has 0 aliphatic heterocycles. The molecule has 0 fully saturated rings. The lowest BCUT2D eigenvalue weighted by atomic mass is 9.90. The van der Waals surface area contributed by atoms with E-state index in [1.807, 2.05) is 6.07 Å². The molecule has 0 atom stereocenters. The van der Waals surface area contributed by atoms with E-state index >= 15 is 0 Å². The Morgan fingerprint density at radius 1 is 1.21 bits per heavy atom. The van der Waals surface area contributed by atoms with Crippen LogP contribution in [0.2, 0.25) is 0 Å². The normalized spacial score (nSPS) is 15.4. The number of Topliss-reactive ketones (excluding diaryl/α,β-unsaturated/α-hetero) is 1. The Kier molecular flexibility index (Phi) is 4.00. The van der Waals surface area contributed by atoms with Crippen LogP contribution in [-0.4, -0.2) is 26.0 Å². The molecule has 0 heterocycles. The van der Waals surface area contributed by atoms with Gasteiger partial charge < -0.3 is 9.47 Å². The van der Waals surface area contributed by atoms with E-state index in [9.17, 15) is 9.59 Å². The van der Waals surface area contributed by atoms with Crippen molar-refractivity contribution in [2.24, 2.45) is 0 Å². The van der Waals surface area contributed by atoms with Gasteiger partial charge in [-0.1, -0.05) is 12.1 Å². The van der Waals surface area contributed by atoms with Gasteiger partial charge in [-0.2, -0.15) is 0 Å². The number of allylic oxidation sites excluding steroid dienone is 2. The Morgan fingerprint density at radius 2 is 2.00 bits per heavy atom. The number of benzene rings is 1. The molecule has 0 aromatic heterocycles. The summed E-state index contributed by atoms with van der Waals surface area (Å²) in [5, 5.41) is 0. The first-order chi connectivity index (χ1) is 9.15. The van der Waals surface area contributed by atoms with E-state index in [4.69, 9.17) is 9.47 Å². The van der Waals surface area contributed by atoms with Crippen molar-refractivity contribution in [3.63, 3.8) is 0 Å². The van der Waals surface area contributed by atoms with Crippen molar-refractivity contribution in [2.45, 2.75) is 19.3 Å². The minimum Gasteiger partial charge on any atom is -0.501 e. The van der Waals surface area contributed by atoms with Crippen LogP contribution in [0.3, 0.4) is 0 Å². The summed E-state index contributed by atoms with van der Waals surface area (Å²) in [7, 11) is 2.95. The van der Waals surface area contributed by atoms with Crippen LogP contribution in [0.1, 0.15) is 35.2 Å². The molecule has 0 unspecified atom stereocenters. The lowest BCUT2D eigenvalue weighted by Crippen LogP contribution is -2.10. The third-order valence-corrected chi connectivity index (χ3v) is 3.22. The molecule has 1 aliphatic carbocycles. The first kappa shape index (κ1) is 13.3. The van der Waals surface area contributed by atoms with Crippen molar-refractivity contribution in [1.29, 1.82) is 0 Å². The van der Waals surface area contributed by atoms with Crippen molar-refractivity contribution in [2.75, 3.05) is 14.2 Å². The summed E-state index contributed by atoms with van der Waals surface area (Å²) in [5.74, 6) is 0.629. The van der Waals surface area contributed by atoms with Gasteiger partial charge in [0.2, 0.25) is 0 Å². The second-order valence-electron chi connectivity index (χ2n) is 4.39. The Morgan fingerprint density at radius 3 is 2.68 bits per heavy atom. The fourth-order valence-corrected chi connectivity index (χ4v) is 2.23. The second kappa shape index (κ2) is 5.69. The van der Waals surface area contributed by atoms with E-state index in [-0.39, 0.29) is 11.8 Å². The summed E-state index contributed by atoms with van der Waals surface area (Å²) < 4.78 is 10.0. The first-order valence-electron chi connectivity index (χ1n) is 6.12. The molecule has 0 spiro atoms. The summed E-state index contributed by atoms with van der Waals surface area (Å²) in [6.45, 7) is 0. The summed E-state index contributed by atoms with van der Waals surface area (Å²) in [6.07, 6.45) is 1.49. The Bertz CT molecular complexity index is 543. The smallest absolute Gasteiger partial charge is 0.337 e. The molecule has 0 radical (unpaired) electrons. The molecule has 0 saturated heterocycles. The molecule has 1 aromatic carbocycles. The highest BCUT2D eigenvalue weighted by Gasteiger charge is 2.21. The van der Waals surface area contributed by atoms with Gasteiger partial charge in [-0.05, 0) is 17.7 Å². The zero-order valence-corrected chi connectivity index (χ0v) is 11.1. The maximum Gasteiger partial charge on any atom is 0.337 e. The number of carbonyl (C=O) groups is 2. The third-order valence-electron chi connectivity index (χ3n) is 3.22. The molecule has 0 N–H and O–H groups in total. The maximum absolute atomic E-state index is 11.6. The van der Waals surface area contributed by atoms with Crippen LogP contribution in [0, 0.1) is 0 Å². The van der Waals surface area contributed by atoms with Crippen molar-refractivity contribution in [3.8, 4) is 0 Å². The predicted octanol–water partition coefficient (Wildman–Crippen LogP) is 2.58. The highest BCUT2D eigenvalue weighted by molar-refractivity contribution is 5.95. The van der Waals surface area contributed by atoms with Crippen LogP contribution in [0.15, 0.2) is 30.0 Å². The number of esters is 1. The third kappa shape index (κ3) is 2.84. The van der Waals surface area contributed by atoms with E-state index in [1.54, 1.807) is 25.3 Å². The standard InChI is InChI=1S/C15H16O4/c1-18-14-7-6-12(16)9-13(14)10-4-3-5-11(8-10)15(17)19-2/h3-5,8H,6-7,9H2,1-2H3. The number of methoxy groups -OCH3 is 2. The number of hydrogen-bond donors (Lipinski definition) is 0. The largest absolute Gasteiger partial charge is 0.501 e. The van der Waals surface area contributed by atoms with Gasteiger partial charge in [0.05, 0.1) is 19.8 Å². The molecule has 4 nitrogen and oxygen atoms in total. The number of rotatable bonds is 3. The summed E-state index contributed by atoms with van der Waals surface area (Å²) in [6, 6.07) is 7.08. The van der Waals surface area contributed by atoms with Gasteiger partial charge in [0.15, 0.2) is 0 Å². The van der Waals surface area contributed by atoms with Gasteiger partial charge in [0.1, 0.15) is 11.5 Å². The van der Waals surface area contributed by atoms with Crippen LogP contribution in [-0.2, 0) is 14.3 Å². The minimum atomic E-state index is -0.386. The number of hydrogen-bond acceptors (Lipinski definition) is 4. The Hall–Kier alpha value is -2.10. The lowest BCUT2D eigenvalue weighted by Gasteiger charge is -2.19. The summed E-state index contributed by atoms with van der Waals surface area (Å²) in [5.41, 5.74) is 2.18. The van der Waals surface area contributed by atoms with Crippen LogP contribution in [0.25, 0.3) is 5.57 Å². The molecule has 0 amide bonds. The molecule has 100 valence electrons. The fourth-order valence-electron chi connectivity index (χ4n) is 2.23. The van der Waals surface area contributed by atoms with Gasteiger partial charge in [-0.15, -0.1) is 0 Å². The van der Waals surface area contributed by atoms with Crippen LogP contribution in [0.5, 0.6) is 0 Å². The van der Waals surface area contributed by atoms with Crippen molar-refractivity contribution in [1.82, 2.24) is 0 Å². The average Bonchev–Trinajstić information content (AvgIpc) is 2.46. The molecule has 2 rings (SSSR count). The summed E-state index contributed by atoms with van der Waals surface area (Å²) >= 11 is 0. The van der Waals surface area contributed by atoms with Gasteiger partial charge in [-0.25, -0.2) is 4.79 Å². The van der Waals surface area contributed by atoms with Crippen molar-refractivity contribution >= 4 is 17.3 Å². The molecule has 0 saturated carbocycles. The van der Waals surface area contributed by atoms with Crippen molar-refractivity contribution in [3.05, 3.63) is 41.2 Å². The Balaban J connectivity index is 2.42. The molecular weight excluding hydrogens is 244 g/mol. The minimum absolute atomic E-state index is 0.194. The van der Waals surface area contributed by atoms with Crippen LogP contribution < -0.4 is 0 Å². The topological polar surface area (TPSA) is 52.6 Å². The lowest BCUT2D eigenvalue weighted by molar-refractivity contribution is -0.118. The zero-order chi connectivity index (χ0) is 13.8. The molecule has 0 bridgehead atoms. The van der Waals surface area contributed by atoms with Crippen LogP contribution in [0.4, 0.5) is 0 Å². The molecule has 1 aliphatic rings. The van der Waals surface area contributed by atoms with Crippen LogP contribution >= 0.6 is 0 Å². The van der Waals surface area contributed by atoms with Gasteiger partial charge >= 0.3 is 5.97 Å². The van der Waals surface area contributed by atoms with Crippen molar-refractivity contribution < 1.29 is 19.1 Å². The number of ketones is 1. The molecule has 1 aromatic rings. The van der Waals surface area contributed by atoms with Gasteiger partial charge in [0, 0.05) is 24.8 Å². The molecule has 19 heavy (non-hydrogen) atoms. The number of ether oxygens (including phenoxy) is 2. The number of carbonyl (C=O) groups excluding carboxylic acids is 2. The first-order valence-corrected chi connectivity index (χ1v) is 6.12. The Labute approximate surface area is 112 Å². The monoisotopic (exact) mass is 260 g/mol. The molecular formula is C15H16O4. The molecule has 4 heteroatoms. The second-order valence-corrected chi connectivity index (χ2v) is 4.39. The van der Waals surface area contributed by atoms with E-state index < -0.39 is 0 Å². The zero-order valence-electron chi connectivity index (χ0n) is 11.1. The SMILES string of the molecule is COC(=O)c1cccc(C2=C(OC)CCC(=O)C2)c1. The van der Waals surface area contributed by atoms with E-state index in [1.165, 1.54) is 7.11 Å². The van der Waals surface area contributed by atoms with E-state index in [2.05, 4.69) is 0 Å². The highest BCUT2D eigenvalue weighted by Crippen LogP contribution is 2.31. The summed E-state index contributed by atoms with van der Waals surface area (Å²) in [4.78, 5) is 23.1. The average molecular weight is 260 g/mol. The maximum atomic E-state index is 11.6. The van der Waals surface area contributed by atoms with E-state index in [0.29, 0.717) is 24.8 Å².